The van der Waals surface area contributed by atoms with Gasteiger partial charge in [-0.15, -0.1) is 0 Å². The summed E-state index contributed by atoms with van der Waals surface area (Å²) in [6.45, 7) is 6.94. The van der Waals surface area contributed by atoms with Crippen LogP contribution in [0.5, 0.6) is 5.75 Å². The van der Waals surface area contributed by atoms with Gasteiger partial charge in [0.1, 0.15) is 11.4 Å². The number of methoxy groups -OCH3 is 1. The van der Waals surface area contributed by atoms with Crippen molar-refractivity contribution >= 4 is 17.4 Å². The SMILES string of the molecule is [2H][C@@]12C[C@H](/C(C)=C\OC)[C@H](CC)CN1CC[C@@]1(O)C2=Nc2cccc(OC(C)=O)c21. The van der Waals surface area contributed by atoms with Gasteiger partial charge < -0.3 is 14.6 Å². The van der Waals surface area contributed by atoms with Gasteiger partial charge in [-0.25, -0.2) is 0 Å². The van der Waals surface area contributed by atoms with Crippen LogP contribution in [0, 0.1) is 11.8 Å². The van der Waals surface area contributed by atoms with Crippen LogP contribution < -0.4 is 4.74 Å². The molecule has 1 aromatic carbocycles. The smallest absolute Gasteiger partial charge is 0.308 e. The summed E-state index contributed by atoms with van der Waals surface area (Å²) in [6, 6.07) is 4.13. The summed E-state index contributed by atoms with van der Waals surface area (Å²) in [5.41, 5.74) is 1.25. The highest BCUT2D eigenvalue weighted by atomic mass is 16.5. The Morgan fingerprint density at radius 1 is 1.48 bits per heavy atom. The molecule has 0 aliphatic carbocycles. The van der Waals surface area contributed by atoms with Crippen LogP contribution in [0.4, 0.5) is 5.69 Å². The summed E-state index contributed by atoms with van der Waals surface area (Å²) >= 11 is 0. The summed E-state index contributed by atoms with van der Waals surface area (Å²) in [5.74, 6) is 0.474. The summed E-state index contributed by atoms with van der Waals surface area (Å²) in [6.07, 6.45) is 3.74. The molecule has 0 radical (unpaired) electrons. The minimum Gasteiger partial charge on any atom is -0.504 e. The Labute approximate surface area is 173 Å². The molecule has 1 N–H and O–H groups in total. The first-order chi connectivity index (χ1) is 14.2. The number of carbonyl (C=O) groups is 1. The Morgan fingerprint density at radius 2 is 2.28 bits per heavy atom. The third-order valence-corrected chi connectivity index (χ3v) is 6.54. The number of esters is 1. The molecule has 2 fully saturated rings. The quantitative estimate of drug-likeness (QED) is 0.476. The zero-order chi connectivity index (χ0) is 21.7. The van der Waals surface area contributed by atoms with Crippen molar-refractivity contribution in [2.45, 2.75) is 51.7 Å². The number of benzene rings is 1. The van der Waals surface area contributed by atoms with E-state index in [4.69, 9.17) is 14.5 Å². The van der Waals surface area contributed by atoms with E-state index < -0.39 is 17.6 Å². The summed E-state index contributed by atoms with van der Waals surface area (Å²) in [5, 5.41) is 11.8. The molecule has 4 atom stereocenters. The fourth-order valence-electron chi connectivity index (χ4n) is 5.16. The molecule has 0 bridgehead atoms. The average Bonchev–Trinajstić information content (AvgIpc) is 3.01. The van der Waals surface area contributed by atoms with Crippen molar-refractivity contribution in [3.05, 3.63) is 35.6 Å². The highest BCUT2D eigenvalue weighted by Crippen LogP contribution is 2.51. The van der Waals surface area contributed by atoms with E-state index in [1.165, 1.54) is 6.92 Å². The monoisotopic (exact) mass is 399 g/mol. The number of hydrogen-bond acceptors (Lipinski definition) is 6. The molecule has 0 amide bonds. The number of piperidine rings is 2. The molecule has 4 rings (SSSR count). The molecule has 6 heteroatoms. The second-order valence-electron chi connectivity index (χ2n) is 8.28. The zero-order valence-electron chi connectivity index (χ0n) is 18.6. The first-order valence-electron chi connectivity index (χ1n) is 10.8. The van der Waals surface area contributed by atoms with Gasteiger partial charge >= 0.3 is 5.97 Å². The van der Waals surface area contributed by atoms with Crippen LogP contribution in [0.25, 0.3) is 0 Å². The summed E-state index contributed by atoms with van der Waals surface area (Å²) in [7, 11) is 1.64. The minimum absolute atomic E-state index is 0.172. The van der Waals surface area contributed by atoms with Crippen LogP contribution in [0.15, 0.2) is 35.0 Å². The van der Waals surface area contributed by atoms with E-state index in [9.17, 15) is 11.3 Å². The lowest BCUT2D eigenvalue weighted by Gasteiger charge is -2.50. The van der Waals surface area contributed by atoms with E-state index in [-0.39, 0.29) is 5.92 Å². The number of nitrogens with zero attached hydrogens (tertiary/aromatic N) is 2. The average molecular weight is 400 g/mol. The van der Waals surface area contributed by atoms with E-state index in [0.29, 0.717) is 48.0 Å². The van der Waals surface area contributed by atoms with Crippen molar-refractivity contribution in [2.75, 3.05) is 20.2 Å². The minimum atomic E-state index is -1.40. The molecule has 0 saturated carbocycles. The first kappa shape index (κ1) is 18.8. The molecular formula is C23H30N2O4. The molecule has 29 heavy (non-hydrogen) atoms. The normalized spacial score (nSPS) is 34.4. The van der Waals surface area contributed by atoms with E-state index >= 15 is 0 Å². The third kappa shape index (κ3) is 3.28. The topological polar surface area (TPSA) is 71.4 Å². The van der Waals surface area contributed by atoms with Crippen molar-refractivity contribution in [3.8, 4) is 5.75 Å². The second-order valence-corrected chi connectivity index (χ2v) is 8.28. The largest absolute Gasteiger partial charge is 0.504 e. The van der Waals surface area contributed by atoms with Gasteiger partial charge in [0.15, 0.2) is 0 Å². The Balaban J connectivity index is 1.77. The van der Waals surface area contributed by atoms with Crippen molar-refractivity contribution in [1.29, 1.82) is 0 Å². The predicted octanol–water partition coefficient (Wildman–Crippen LogP) is 3.56. The molecule has 0 spiro atoms. The number of hydrogen-bond donors (Lipinski definition) is 1. The number of aliphatic imine (C=N–C) groups is 1. The maximum Gasteiger partial charge on any atom is 0.308 e. The molecule has 0 aromatic heterocycles. The number of aliphatic hydroxyl groups is 1. The Morgan fingerprint density at radius 3 is 2.97 bits per heavy atom. The molecule has 0 unspecified atom stereocenters. The maximum atomic E-state index is 11.8. The highest BCUT2D eigenvalue weighted by molar-refractivity contribution is 6.05. The van der Waals surface area contributed by atoms with Crippen LogP contribution in [-0.4, -0.2) is 47.9 Å². The lowest BCUT2D eigenvalue weighted by molar-refractivity contribution is -0.132. The molecule has 2 saturated heterocycles. The van der Waals surface area contributed by atoms with Crippen LogP contribution >= 0.6 is 0 Å². The molecule has 3 aliphatic heterocycles. The van der Waals surface area contributed by atoms with Gasteiger partial charge in [-0.3, -0.25) is 14.7 Å². The molecule has 156 valence electrons. The molecular weight excluding hydrogens is 368 g/mol. The lowest BCUT2D eigenvalue weighted by atomic mass is 9.70. The standard InChI is InChI=1S/C23H30N2O4/c1-5-16-12-25-10-9-23(27)21-18(7-6-8-20(21)29-15(3)26)24-22(23)19(25)11-17(16)14(2)13-28-4/h6-8,13,16-17,19,27H,5,9-12H2,1-4H3/b14-13-/t16-,17-,19+,23+/m1/s1/i19D. The highest BCUT2D eigenvalue weighted by Gasteiger charge is 2.53. The molecule has 3 heterocycles. The van der Waals surface area contributed by atoms with Crippen molar-refractivity contribution in [3.63, 3.8) is 0 Å². The van der Waals surface area contributed by atoms with Gasteiger partial charge in [0, 0.05) is 20.0 Å². The number of fused-ring (bicyclic) bond motifs is 5. The van der Waals surface area contributed by atoms with Crippen molar-refractivity contribution < 1.29 is 20.7 Å². The Kier molecular flexibility index (Phi) is 4.92. The predicted molar refractivity (Wildman–Crippen MR) is 111 cm³/mol. The summed E-state index contributed by atoms with van der Waals surface area (Å²) < 4.78 is 20.2. The molecule has 6 nitrogen and oxygen atoms in total. The Bertz CT molecular complexity index is 930. The molecule has 3 aliphatic rings. The lowest BCUT2D eigenvalue weighted by Crippen LogP contribution is -2.60. The fourth-order valence-corrected chi connectivity index (χ4v) is 5.16. The van der Waals surface area contributed by atoms with Crippen molar-refractivity contribution in [1.82, 2.24) is 4.90 Å². The van der Waals surface area contributed by atoms with Crippen molar-refractivity contribution in [2.24, 2.45) is 16.8 Å². The van der Waals surface area contributed by atoms with Gasteiger partial charge in [0.2, 0.25) is 0 Å². The van der Waals surface area contributed by atoms with Crippen LogP contribution in [0.1, 0.15) is 47.0 Å². The molecule has 1 aromatic rings. The van der Waals surface area contributed by atoms with E-state index in [1.54, 1.807) is 25.5 Å². The van der Waals surface area contributed by atoms with Crippen LogP contribution in [0.2, 0.25) is 0 Å². The number of rotatable bonds is 4. The van der Waals surface area contributed by atoms with E-state index in [1.807, 2.05) is 6.07 Å². The van der Waals surface area contributed by atoms with Gasteiger partial charge in [0.25, 0.3) is 0 Å². The maximum absolute atomic E-state index is 11.8. The fraction of sp³-hybridized carbons (Fsp3) is 0.565. The number of allylic oxidation sites excluding steroid dienone is 1. The van der Waals surface area contributed by atoms with Crippen LogP contribution in [-0.2, 0) is 15.1 Å². The first-order valence-corrected chi connectivity index (χ1v) is 10.3. The van der Waals surface area contributed by atoms with Gasteiger partial charge in [-0.2, -0.15) is 0 Å². The van der Waals surface area contributed by atoms with Gasteiger partial charge in [-0.1, -0.05) is 19.4 Å². The zero-order valence-corrected chi connectivity index (χ0v) is 17.6. The van der Waals surface area contributed by atoms with Crippen LogP contribution in [0.3, 0.4) is 0 Å². The van der Waals surface area contributed by atoms with Gasteiger partial charge in [-0.05, 0) is 49.3 Å². The Hall–Kier alpha value is -2.18. The van der Waals surface area contributed by atoms with E-state index in [0.717, 1.165) is 18.5 Å². The van der Waals surface area contributed by atoms with E-state index in [2.05, 4.69) is 18.7 Å². The van der Waals surface area contributed by atoms with Gasteiger partial charge in [0.05, 0.1) is 37.7 Å². The second kappa shape index (κ2) is 7.58. The number of carbonyl (C=O) groups excluding carboxylic acids is 1. The third-order valence-electron chi connectivity index (χ3n) is 6.54. The summed E-state index contributed by atoms with van der Waals surface area (Å²) in [4.78, 5) is 18.5. The number of ether oxygens (including phenoxy) is 2.